The van der Waals surface area contributed by atoms with Crippen LogP contribution in [0.15, 0.2) is 23.1 Å². The van der Waals surface area contributed by atoms with Gasteiger partial charge in [0, 0.05) is 17.1 Å². The predicted molar refractivity (Wildman–Crippen MR) is 68.5 cm³/mol. The van der Waals surface area contributed by atoms with E-state index in [0.717, 1.165) is 12.2 Å². The minimum absolute atomic E-state index is 0.344. The number of benzene rings is 1. The molecule has 1 aromatic carbocycles. The first-order chi connectivity index (χ1) is 7.65. The molecule has 0 amide bonds. The molecule has 0 heterocycles. The van der Waals surface area contributed by atoms with Gasteiger partial charge in [0.25, 0.3) is 0 Å². The third-order valence-corrected chi connectivity index (χ3v) is 4.80. The zero-order valence-corrected chi connectivity index (χ0v) is 10.7. The smallest absolute Gasteiger partial charge is 0.0627 e. The van der Waals surface area contributed by atoms with Gasteiger partial charge in [0.05, 0.1) is 6.07 Å². The molecule has 0 unspecified atom stereocenters. The second kappa shape index (κ2) is 4.51. The second-order valence-electron chi connectivity index (χ2n) is 4.89. The average molecular weight is 231 g/mol. The standard InChI is InChI=1S/C14H17NS/c1-11-3-4-13(12(2)9-11)16-10-14(5-6-14)7-8-15/h3-4,9H,5-7,10H2,1-2H3. The van der Waals surface area contributed by atoms with Gasteiger partial charge >= 0.3 is 0 Å². The molecule has 0 radical (unpaired) electrons. The van der Waals surface area contributed by atoms with E-state index in [9.17, 15) is 0 Å². The van der Waals surface area contributed by atoms with E-state index in [4.69, 9.17) is 5.26 Å². The van der Waals surface area contributed by atoms with Gasteiger partial charge in [0.2, 0.25) is 0 Å². The van der Waals surface area contributed by atoms with E-state index in [-0.39, 0.29) is 0 Å². The van der Waals surface area contributed by atoms with E-state index >= 15 is 0 Å². The lowest BCUT2D eigenvalue weighted by molar-refractivity contribution is 0.604. The van der Waals surface area contributed by atoms with Crippen molar-refractivity contribution in [3.63, 3.8) is 0 Å². The SMILES string of the molecule is Cc1ccc(SCC2(CC#N)CC2)c(C)c1. The van der Waals surface area contributed by atoms with Crippen LogP contribution in [0.5, 0.6) is 0 Å². The monoisotopic (exact) mass is 231 g/mol. The number of rotatable bonds is 4. The minimum atomic E-state index is 0.344. The number of aryl methyl sites for hydroxylation is 2. The van der Waals surface area contributed by atoms with E-state index < -0.39 is 0 Å². The van der Waals surface area contributed by atoms with Crippen LogP contribution in [0.25, 0.3) is 0 Å². The Kier molecular flexibility index (Phi) is 3.25. The van der Waals surface area contributed by atoms with Crippen molar-refractivity contribution in [2.24, 2.45) is 5.41 Å². The number of nitrogens with zero attached hydrogens (tertiary/aromatic N) is 1. The molecule has 0 atom stereocenters. The van der Waals surface area contributed by atoms with Crippen molar-refractivity contribution in [2.45, 2.75) is 38.0 Å². The van der Waals surface area contributed by atoms with Crippen LogP contribution in [0.3, 0.4) is 0 Å². The van der Waals surface area contributed by atoms with Crippen molar-refractivity contribution in [2.75, 3.05) is 5.75 Å². The van der Waals surface area contributed by atoms with Gasteiger partial charge < -0.3 is 0 Å². The summed E-state index contributed by atoms with van der Waals surface area (Å²) in [6.45, 7) is 4.29. The Bertz CT molecular complexity index is 427. The number of hydrogen-bond donors (Lipinski definition) is 0. The molecular weight excluding hydrogens is 214 g/mol. The highest BCUT2D eigenvalue weighted by Crippen LogP contribution is 2.51. The van der Waals surface area contributed by atoms with Crippen LogP contribution in [0, 0.1) is 30.6 Å². The van der Waals surface area contributed by atoms with Gasteiger partial charge in [-0.05, 0) is 43.7 Å². The molecule has 0 saturated heterocycles. The Morgan fingerprint density at radius 3 is 2.69 bits per heavy atom. The summed E-state index contributed by atoms with van der Waals surface area (Å²) >= 11 is 1.91. The third kappa shape index (κ3) is 2.59. The van der Waals surface area contributed by atoms with Crippen molar-refractivity contribution < 1.29 is 0 Å². The zero-order chi connectivity index (χ0) is 11.6. The molecule has 0 bridgehead atoms. The summed E-state index contributed by atoms with van der Waals surface area (Å²) in [5, 5.41) is 8.77. The predicted octanol–water partition coefficient (Wildman–Crippen LogP) is 4.09. The molecule has 1 aliphatic rings. The van der Waals surface area contributed by atoms with Crippen LogP contribution < -0.4 is 0 Å². The van der Waals surface area contributed by atoms with Gasteiger partial charge in [-0.25, -0.2) is 0 Å². The van der Waals surface area contributed by atoms with Crippen molar-refractivity contribution in [3.05, 3.63) is 29.3 Å². The highest BCUT2D eigenvalue weighted by molar-refractivity contribution is 7.99. The Balaban J connectivity index is 1.98. The van der Waals surface area contributed by atoms with E-state index in [1.54, 1.807) is 0 Å². The summed E-state index contributed by atoms with van der Waals surface area (Å²) in [6, 6.07) is 8.92. The lowest BCUT2D eigenvalue weighted by Crippen LogP contribution is -2.02. The van der Waals surface area contributed by atoms with Gasteiger partial charge in [0.1, 0.15) is 0 Å². The van der Waals surface area contributed by atoms with Crippen LogP contribution in [0.2, 0.25) is 0 Å². The lowest BCUT2D eigenvalue weighted by Gasteiger charge is -2.12. The maximum atomic E-state index is 8.77. The van der Waals surface area contributed by atoms with Crippen LogP contribution in [0.1, 0.15) is 30.4 Å². The Hall–Kier alpha value is -0.940. The molecule has 1 saturated carbocycles. The fourth-order valence-electron chi connectivity index (χ4n) is 1.91. The Labute approximate surface area is 102 Å². The number of nitriles is 1. The summed E-state index contributed by atoms with van der Waals surface area (Å²) in [6.07, 6.45) is 3.20. The highest BCUT2D eigenvalue weighted by atomic mass is 32.2. The quantitative estimate of drug-likeness (QED) is 0.729. The largest absolute Gasteiger partial charge is 0.198 e. The van der Waals surface area contributed by atoms with Crippen molar-refractivity contribution >= 4 is 11.8 Å². The first-order valence-electron chi connectivity index (χ1n) is 5.72. The number of hydrogen-bond acceptors (Lipinski definition) is 2. The Morgan fingerprint density at radius 1 is 1.38 bits per heavy atom. The molecule has 1 aliphatic carbocycles. The molecule has 1 fully saturated rings. The van der Waals surface area contributed by atoms with Gasteiger partial charge in [0.15, 0.2) is 0 Å². The van der Waals surface area contributed by atoms with E-state index in [2.05, 4.69) is 38.1 Å². The molecule has 0 aliphatic heterocycles. The average Bonchev–Trinajstić information content (AvgIpc) is 2.98. The highest BCUT2D eigenvalue weighted by Gasteiger charge is 2.42. The second-order valence-corrected chi connectivity index (χ2v) is 5.91. The normalized spacial score (nSPS) is 16.8. The zero-order valence-electron chi connectivity index (χ0n) is 9.92. The van der Waals surface area contributed by atoms with E-state index in [1.165, 1.54) is 28.9 Å². The fraction of sp³-hybridized carbons (Fsp3) is 0.500. The minimum Gasteiger partial charge on any atom is -0.198 e. The van der Waals surface area contributed by atoms with Crippen molar-refractivity contribution in [3.8, 4) is 6.07 Å². The molecule has 1 nitrogen and oxygen atoms in total. The van der Waals surface area contributed by atoms with Crippen LogP contribution in [-0.2, 0) is 0 Å². The van der Waals surface area contributed by atoms with Crippen LogP contribution in [0.4, 0.5) is 0 Å². The van der Waals surface area contributed by atoms with Crippen molar-refractivity contribution in [1.82, 2.24) is 0 Å². The van der Waals surface area contributed by atoms with Gasteiger partial charge in [-0.15, -0.1) is 11.8 Å². The van der Waals surface area contributed by atoms with Gasteiger partial charge in [-0.3, -0.25) is 0 Å². The summed E-state index contributed by atoms with van der Waals surface area (Å²) in [5.41, 5.74) is 3.02. The summed E-state index contributed by atoms with van der Waals surface area (Å²) < 4.78 is 0. The molecule has 0 N–H and O–H groups in total. The first-order valence-corrected chi connectivity index (χ1v) is 6.71. The van der Waals surface area contributed by atoms with Crippen LogP contribution >= 0.6 is 11.8 Å². The fourth-order valence-corrected chi connectivity index (χ4v) is 3.21. The maximum Gasteiger partial charge on any atom is 0.0627 e. The Morgan fingerprint density at radius 2 is 2.12 bits per heavy atom. The molecule has 84 valence electrons. The first kappa shape index (κ1) is 11.5. The molecular formula is C14H17NS. The van der Waals surface area contributed by atoms with Gasteiger partial charge in [-0.2, -0.15) is 5.26 Å². The summed E-state index contributed by atoms with van der Waals surface area (Å²) in [7, 11) is 0. The molecule has 0 spiro atoms. The summed E-state index contributed by atoms with van der Waals surface area (Å²) in [4.78, 5) is 1.37. The molecule has 16 heavy (non-hydrogen) atoms. The summed E-state index contributed by atoms with van der Waals surface area (Å²) in [5.74, 6) is 1.10. The van der Waals surface area contributed by atoms with Crippen molar-refractivity contribution in [1.29, 1.82) is 5.26 Å². The molecule has 2 heteroatoms. The topological polar surface area (TPSA) is 23.8 Å². The van der Waals surface area contributed by atoms with Crippen LogP contribution in [-0.4, -0.2) is 5.75 Å². The van der Waals surface area contributed by atoms with E-state index in [1.807, 2.05) is 11.8 Å². The molecule has 0 aromatic heterocycles. The third-order valence-electron chi connectivity index (χ3n) is 3.28. The van der Waals surface area contributed by atoms with E-state index in [0.29, 0.717) is 5.41 Å². The molecule has 2 rings (SSSR count). The van der Waals surface area contributed by atoms with Gasteiger partial charge in [-0.1, -0.05) is 17.7 Å². The number of thioether (sulfide) groups is 1. The molecule has 1 aromatic rings. The maximum absolute atomic E-state index is 8.77. The lowest BCUT2D eigenvalue weighted by atomic mass is 10.1.